The van der Waals surface area contributed by atoms with Crippen molar-refractivity contribution >= 4 is 11.6 Å². The van der Waals surface area contributed by atoms with Crippen molar-refractivity contribution in [1.82, 2.24) is 14.8 Å². The van der Waals surface area contributed by atoms with Gasteiger partial charge in [0.1, 0.15) is 6.54 Å². The molecule has 1 aromatic heterocycles. The van der Waals surface area contributed by atoms with Crippen LogP contribution in [-0.2, 0) is 11.3 Å². The largest absolute Gasteiger partial charge is 0.369 e. The lowest BCUT2D eigenvalue weighted by atomic mass is 10.2. The van der Waals surface area contributed by atoms with E-state index in [0.717, 1.165) is 39.1 Å². The molecule has 2 aromatic rings. The number of pyridine rings is 1. The Bertz CT molecular complexity index is 782. The van der Waals surface area contributed by atoms with Gasteiger partial charge in [0.05, 0.1) is 0 Å². The quantitative estimate of drug-likeness (QED) is 0.806. The van der Waals surface area contributed by atoms with E-state index < -0.39 is 0 Å². The number of aromatic nitrogens is 1. The molecule has 0 unspecified atom stereocenters. The Morgan fingerprint density at radius 1 is 1.04 bits per heavy atom. The van der Waals surface area contributed by atoms with E-state index >= 15 is 0 Å². The first-order valence-electron chi connectivity index (χ1n) is 9.59. The Morgan fingerprint density at radius 3 is 2.44 bits per heavy atom. The molecule has 0 aliphatic carbocycles. The number of piperazine rings is 1. The first kappa shape index (κ1) is 19.2. The lowest BCUT2D eigenvalue weighted by molar-refractivity contribution is -0.122. The molecule has 2 heterocycles. The van der Waals surface area contributed by atoms with Gasteiger partial charge >= 0.3 is 0 Å². The summed E-state index contributed by atoms with van der Waals surface area (Å²) in [5, 5.41) is 2.99. The van der Waals surface area contributed by atoms with Crippen molar-refractivity contribution in [2.45, 2.75) is 25.9 Å². The minimum absolute atomic E-state index is 0.0692. The van der Waals surface area contributed by atoms with Crippen LogP contribution in [0.1, 0.15) is 13.3 Å². The molecule has 0 spiro atoms. The van der Waals surface area contributed by atoms with Gasteiger partial charge in [-0.15, -0.1) is 0 Å². The van der Waals surface area contributed by atoms with Crippen molar-refractivity contribution in [3.8, 4) is 0 Å². The summed E-state index contributed by atoms with van der Waals surface area (Å²) >= 11 is 0. The van der Waals surface area contributed by atoms with Crippen LogP contribution in [0.5, 0.6) is 0 Å². The molecule has 1 aromatic carbocycles. The average molecular weight is 368 g/mol. The second-order valence-electron chi connectivity index (χ2n) is 7.09. The van der Waals surface area contributed by atoms with E-state index in [1.165, 1.54) is 16.3 Å². The van der Waals surface area contributed by atoms with Crippen LogP contribution in [0.25, 0.3) is 0 Å². The molecular weight excluding hydrogens is 340 g/mol. The van der Waals surface area contributed by atoms with Gasteiger partial charge in [-0.3, -0.25) is 14.5 Å². The van der Waals surface area contributed by atoms with Crippen molar-refractivity contribution in [1.29, 1.82) is 0 Å². The van der Waals surface area contributed by atoms with E-state index in [0.29, 0.717) is 0 Å². The molecule has 0 saturated carbocycles. The van der Waals surface area contributed by atoms with Crippen LogP contribution in [0.15, 0.2) is 59.5 Å². The molecule has 1 fully saturated rings. The van der Waals surface area contributed by atoms with Gasteiger partial charge in [-0.05, 0) is 31.5 Å². The molecule has 144 valence electrons. The summed E-state index contributed by atoms with van der Waals surface area (Å²) < 4.78 is 1.42. The van der Waals surface area contributed by atoms with E-state index in [4.69, 9.17) is 0 Å². The van der Waals surface area contributed by atoms with Gasteiger partial charge in [0.2, 0.25) is 5.91 Å². The lowest BCUT2D eigenvalue weighted by Crippen LogP contribution is -2.47. The summed E-state index contributed by atoms with van der Waals surface area (Å²) in [6, 6.07) is 15.5. The van der Waals surface area contributed by atoms with E-state index in [2.05, 4.69) is 39.4 Å². The van der Waals surface area contributed by atoms with Gasteiger partial charge in [-0.25, -0.2) is 0 Å². The van der Waals surface area contributed by atoms with Gasteiger partial charge in [0.15, 0.2) is 0 Å². The smallest absolute Gasteiger partial charge is 0.250 e. The third kappa shape index (κ3) is 5.69. The zero-order valence-corrected chi connectivity index (χ0v) is 15.9. The van der Waals surface area contributed by atoms with E-state index in [1.807, 2.05) is 13.0 Å². The molecule has 1 amide bonds. The first-order valence-corrected chi connectivity index (χ1v) is 9.59. The van der Waals surface area contributed by atoms with Crippen molar-refractivity contribution in [2.75, 3.05) is 37.6 Å². The number of hydrogen-bond donors (Lipinski definition) is 1. The molecule has 6 nitrogen and oxygen atoms in total. The molecule has 1 aliphatic rings. The number of carbonyl (C=O) groups is 1. The molecule has 1 N–H and O–H groups in total. The predicted octanol–water partition coefficient (Wildman–Crippen LogP) is 1.57. The fraction of sp³-hybridized carbons (Fsp3) is 0.429. The van der Waals surface area contributed by atoms with Gasteiger partial charge in [0.25, 0.3) is 5.56 Å². The molecule has 0 radical (unpaired) electrons. The van der Waals surface area contributed by atoms with Crippen LogP contribution in [0.4, 0.5) is 5.69 Å². The maximum Gasteiger partial charge on any atom is 0.250 e. The highest BCUT2D eigenvalue weighted by Gasteiger charge is 2.18. The summed E-state index contributed by atoms with van der Waals surface area (Å²) in [5.74, 6) is -0.121. The summed E-state index contributed by atoms with van der Waals surface area (Å²) in [4.78, 5) is 28.7. The summed E-state index contributed by atoms with van der Waals surface area (Å²) in [5.41, 5.74) is 1.13. The van der Waals surface area contributed by atoms with Crippen molar-refractivity contribution in [3.05, 3.63) is 65.1 Å². The number of benzene rings is 1. The molecular formula is C21H28N4O2. The second kappa shape index (κ2) is 9.37. The highest BCUT2D eigenvalue weighted by atomic mass is 16.2. The topological polar surface area (TPSA) is 57.6 Å². The Balaban J connectivity index is 1.37. The number of hydrogen-bond acceptors (Lipinski definition) is 4. The molecule has 1 saturated heterocycles. The number of nitrogens with zero attached hydrogens (tertiary/aromatic N) is 3. The summed E-state index contributed by atoms with van der Waals surface area (Å²) in [6.07, 6.45) is 2.54. The van der Waals surface area contributed by atoms with Gasteiger partial charge in [0, 0.05) is 56.7 Å². The maximum atomic E-state index is 12.1. The molecule has 6 heteroatoms. The number of anilines is 1. The first-order chi connectivity index (χ1) is 13.1. The number of amides is 1. The molecule has 1 aliphatic heterocycles. The number of nitrogens with one attached hydrogen (secondary N) is 1. The Morgan fingerprint density at radius 2 is 1.74 bits per heavy atom. The highest BCUT2D eigenvalue weighted by molar-refractivity contribution is 5.76. The Hall–Kier alpha value is -2.60. The SMILES string of the molecule is C[C@H](CCN1CCN(c2ccccc2)CC1)NC(=O)Cn1ccccc1=O. The molecule has 0 bridgehead atoms. The van der Waals surface area contributed by atoms with E-state index in [9.17, 15) is 9.59 Å². The van der Waals surface area contributed by atoms with Crippen LogP contribution in [0.2, 0.25) is 0 Å². The zero-order valence-electron chi connectivity index (χ0n) is 15.9. The number of rotatable bonds is 7. The second-order valence-corrected chi connectivity index (χ2v) is 7.09. The Kier molecular flexibility index (Phi) is 6.65. The fourth-order valence-corrected chi connectivity index (χ4v) is 3.38. The van der Waals surface area contributed by atoms with Gasteiger partial charge in [-0.1, -0.05) is 24.3 Å². The number of carbonyl (C=O) groups excluding carboxylic acids is 1. The van der Waals surface area contributed by atoms with Gasteiger partial charge < -0.3 is 14.8 Å². The standard InChI is InChI=1S/C21H28N4O2/c1-18(22-20(26)17-25-11-6-5-9-21(25)27)10-12-23-13-15-24(16-14-23)19-7-3-2-4-8-19/h2-9,11,18H,10,12-17H2,1H3,(H,22,26)/t18-/m1/s1. The minimum Gasteiger partial charge on any atom is -0.369 e. The van der Waals surface area contributed by atoms with Crippen molar-refractivity contribution < 1.29 is 4.79 Å². The third-order valence-electron chi connectivity index (χ3n) is 4.99. The lowest BCUT2D eigenvalue weighted by Gasteiger charge is -2.36. The summed E-state index contributed by atoms with van der Waals surface area (Å²) in [7, 11) is 0. The van der Waals surface area contributed by atoms with Crippen LogP contribution in [0.3, 0.4) is 0 Å². The van der Waals surface area contributed by atoms with Crippen LogP contribution < -0.4 is 15.8 Å². The predicted molar refractivity (Wildman–Crippen MR) is 108 cm³/mol. The average Bonchev–Trinajstić information content (AvgIpc) is 2.69. The Labute approximate surface area is 160 Å². The monoisotopic (exact) mass is 368 g/mol. The highest BCUT2D eigenvalue weighted by Crippen LogP contribution is 2.15. The van der Waals surface area contributed by atoms with Crippen LogP contribution in [-0.4, -0.2) is 54.1 Å². The molecule has 27 heavy (non-hydrogen) atoms. The normalized spacial score (nSPS) is 16.1. The van der Waals surface area contributed by atoms with Crippen LogP contribution >= 0.6 is 0 Å². The molecule has 1 atom stereocenters. The molecule has 3 rings (SSSR count). The third-order valence-corrected chi connectivity index (χ3v) is 4.99. The summed E-state index contributed by atoms with van der Waals surface area (Å²) in [6.45, 7) is 7.19. The maximum absolute atomic E-state index is 12.1. The fourth-order valence-electron chi connectivity index (χ4n) is 3.38. The van der Waals surface area contributed by atoms with E-state index in [-0.39, 0.29) is 24.1 Å². The van der Waals surface area contributed by atoms with Crippen molar-refractivity contribution in [2.24, 2.45) is 0 Å². The van der Waals surface area contributed by atoms with E-state index in [1.54, 1.807) is 18.3 Å². The number of para-hydroxylation sites is 1. The van der Waals surface area contributed by atoms with Crippen LogP contribution in [0, 0.1) is 0 Å². The minimum atomic E-state index is -0.156. The zero-order chi connectivity index (χ0) is 19.1. The van der Waals surface area contributed by atoms with Gasteiger partial charge in [-0.2, -0.15) is 0 Å². The van der Waals surface area contributed by atoms with Crippen molar-refractivity contribution in [3.63, 3.8) is 0 Å².